The summed E-state index contributed by atoms with van der Waals surface area (Å²) in [6.45, 7) is 1.98. The van der Waals surface area contributed by atoms with Gasteiger partial charge in [-0.15, -0.1) is 0 Å². The predicted molar refractivity (Wildman–Crippen MR) is 113 cm³/mol. The lowest BCUT2D eigenvalue weighted by molar-refractivity contribution is -0.132. The van der Waals surface area contributed by atoms with E-state index in [-0.39, 0.29) is 29.3 Å². The van der Waals surface area contributed by atoms with E-state index in [9.17, 15) is 9.18 Å². The molecular weight excluding hydrogens is 395 g/mol. The highest BCUT2D eigenvalue weighted by Gasteiger charge is 2.45. The van der Waals surface area contributed by atoms with Gasteiger partial charge in [-0.05, 0) is 49.4 Å². The Morgan fingerprint density at radius 2 is 2.00 bits per heavy atom. The summed E-state index contributed by atoms with van der Waals surface area (Å²) in [6.07, 6.45) is 8.93. The van der Waals surface area contributed by atoms with Crippen molar-refractivity contribution in [3.8, 4) is 6.07 Å². The first-order chi connectivity index (χ1) is 15.1. The van der Waals surface area contributed by atoms with Gasteiger partial charge in [-0.25, -0.2) is 9.37 Å². The van der Waals surface area contributed by atoms with Crippen LogP contribution in [0.15, 0.2) is 36.8 Å². The number of likely N-dealkylation sites (tertiary alicyclic amines) is 1. The van der Waals surface area contributed by atoms with Crippen LogP contribution < -0.4 is 10.2 Å². The molecule has 3 fully saturated rings. The summed E-state index contributed by atoms with van der Waals surface area (Å²) in [4.78, 5) is 25.6. The second kappa shape index (κ2) is 7.89. The first kappa shape index (κ1) is 19.9. The Hall–Kier alpha value is -3.05. The Bertz CT molecular complexity index is 1000. The van der Waals surface area contributed by atoms with Crippen molar-refractivity contribution < 1.29 is 9.18 Å². The van der Waals surface area contributed by atoms with Crippen molar-refractivity contribution in [1.29, 1.82) is 5.26 Å². The van der Waals surface area contributed by atoms with E-state index in [0.29, 0.717) is 31.6 Å². The quantitative estimate of drug-likeness (QED) is 0.772. The molecule has 2 bridgehead atoms. The molecule has 1 aliphatic carbocycles. The number of hydrogen-bond acceptors (Lipinski definition) is 6. The number of rotatable bonds is 6. The standard InChI is InChI=1S/C23H25FN6O/c24-18-9-17(12-26-13-18)23(6-7-23)28-8-5-22(31)29-14-19-2-3-20(15-29)30(19)21-4-1-16(10-25)11-27-21/h1,4,9,11-13,19-20,28H,2-3,5-8,14-15H2. The normalized spacial score (nSPS) is 23.5. The number of halogens is 1. The molecule has 4 heterocycles. The van der Waals surface area contributed by atoms with Gasteiger partial charge in [0.05, 0.1) is 11.8 Å². The molecule has 2 aromatic heterocycles. The number of carbonyl (C=O) groups excluding carboxylic acids is 1. The zero-order chi connectivity index (χ0) is 21.4. The number of piperazine rings is 1. The van der Waals surface area contributed by atoms with Crippen molar-refractivity contribution >= 4 is 11.7 Å². The highest BCUT2D eigenvalue weighted by Crippen LogP contribution is 2.45. The van der Waals surface area contributed by atoms with E-state index in [1.54, 1.807) is 18.5 Å². The van der Waals surface area contributed by atoms with Crippen molar-refractivity contribution in [2.75, 3.05) is 24.5 Å². The van der Waals surface area contributed by atoms with Crippen LogP contribution in [0, 0.1) is 17.1 Å². The van der Waals surface area contributed by atoms with Crippen molar-refractivity contribution in [2.45, 2.75) is 49.7 Å². The predicted octanol–water partition coefficient (Wildman–Crippen LogP) is 2.34. The number of fused-ring (bicyclic) bond motifs is 2. The molecular formula is C23H25FN6O. The summed E-state index contributed by atoms with van der Waals surface area (Å²) in [6, 6.07) is 7.87. The maximum absolute atomic E-state index is 13.5. The minimum absolute atomic E-state index is 0.157. The molecule has 0 spiro atoms. The topological polar surface area (TPSA) is 85.2 Å². The van der Waals surface area contributed by atoms with Gasteiger partial charge in [0.25, 0.3) is 0 Å². The van der Waals surface area contributed by atoms with E-state index >= 15 is 0 Å². The molecule has 1 N–H and O–H groups in total. The number of anilines is 1. The van der Waals surface area contributed by atoms with Crippen molar-refractivity contribution in [1.82, 2.24) is 20.2 Å². The second-order valence-corrected chi connectivity index (χ2v) is 8.76. The number of carbonyl (C=O) groups is 1. The van der Waals surface area contributed by atoms with Gasteiger partial charge in [-0.2, -0.15) is 5.26 Å². The highest BCUT2D eigenvalue weighted by atomic mass is 19.1. The third-order valence-corrected chi connectivity index (χ3v) is 6.79. The molecule has 160 valence electrons. The van der Waals surface area contributed by atoms with Gasteiger partial charge in [0, 0.05) is 56.1 Å². The second-order valence-electron chi connectivity index (χ2n) is 8.76. The maximum Gasteiger partial charge on any atom is 0.223 e. The minimum Gasteiger partial charge on any atom is -0.347 e. The number of pyridine rings is 2. The fraction of sp³-hybridized carbons (Fsp3) is 0.478. The van der Waals surface area contributed by atoms with Crippen molar-refractivity contribution in [2.24, 2.45) is 0 Å². The molecule has 1 amide bonds. The third-order valence-electron chi connectivity index (χ3n) is 6.79. The van der Waals surface area contributed by atoms with Crippen LogP contribution in [0.5, 0.6) is 0 Å². The molecule has 5 rings (SSSR count). The van der Waals surface area contributed by atoms with E-state index in [2.05, 4.69) is 26.3 Å². The van der Waals surface area contributed by atoms with E-state index in [0.717, 1.165) is 37.1 Å². The summed E-state index contributed by atoms with van der Waals surface area (Å²) >= 11 is 0. The molecule has 2 saturated heterocycles. The summed E-state index contributed by atoms with van der Waals surface area (Å²) in [5.41, 5.74) is 1.19. The van der Waals surface area contributed by atoms with Gasteiger partial charge in [0.15, 0.2) is 0 Å². The SMILES string of the molecule is N#Cc1ccc(N2C3CCC2CN(C(=O)CCNC2(c4cncc(F)c4)CC2)C3)nc1. The molecule has 31 heavy (non-hydrogen) atoms. The molecule has 8 heteroatoms. The van der Waals surface area contributed by atoms with E-state index in [1.165, 1.54) is 12.3 Å². The van der Waals surface area contributed by atoms with Gasteiger partial charge in [0.2, 0.25) is 5.91 Å². The average molecular weight is 420 g/mol. The van der Waals surface area contributed by atoms with Crippen LogP contribution in [0.3, 0.4) is 0 Å². The molecule has 2 atom stereocenters. The molecule has 0 radical (unpaired) electrons. The fourth-order valence-corrected chi connectivity index (χ4v) is 5.02. The Morgan fingerprint density at radius 3 is 2.61 bits per heavy atom. The first-order valence-electron chi connectivity index (χ1n) is 10.9. The molecule has 1 saturated carbocycles. The first-order valence-corrected chi connectivity index (χ1v) is 10.9. The van der Waals surface area contributed by atoms with Gasteiger partial charge >= 0.3 is 0 Å². The monoisotopic (exact) mass is 420 g/mol. The molecule has 2 unspecified atom stereocenters. The van der Waals surface area contributed by atoms with Crippen LogP contribution >= 0.6 is 0 Å². The number of nitrogens with one attached hydrogen (secondary N) is 1. The Labute approximate surface area is 180 Å². The molecule has 0 aromatic carbocycles. The van der Waals surface area contributed by atoms with Gasteiger partial charge in [-0.1, -0.05) is 0 Å². The van der Waals surface area contributed by atoms with Crippen LogP contribution in [-0.4, -0.2) is 52.5 Å². The third kappa shape index (κ3) is 3.86. The van der Waals surface area contributed by atoms with Gasteiger partial charge < -0.3 is 15.1 Å². The van der Waals surface area contributed by atoms with Crippen molar-refractivity contribution in [3.05, 3.63) is 53.7 Å². The molecule has 2 aliphatic heterocycles. The number of nitrogens with zero attached hydrogens (tertiary/aromatic N) is 5. The summed E-state index contributed by atoms with van der Waals surface area (Å²) in [7, 11) is 0. The summed E-state index contributed by atoms with van der Waals surface area (Å²) in [5, 5.41) is 12.4. The zero-order valence-electron chi connectivity index (χ0n) is 17.3. The largest absolute Gasteiger partial charge is 0.347 e. The highest BCUT2D eigenvalue weighted by molar-refractivity contribution is 5.77. The molecule has 7 nitrogen and oxygen atoms in total. The molecule has 2 aromatic rings. The number of amides is 1. The van der Waals surface area contributed by atoms with Crippen molar-refractivity contribution in [3.63, 3.8) is 0 Å². The van der Waals surface area contributed by atoms with Gasteiger partial charge in [-0.3, -0.25) is 9.78 Å². The van der Waals surface area contributed by atoms with Gasteiger partial charge in [0.1, 0.15) is 17.7 Å². The van der Waals surface area contributed by atoms with Crippen LogP contribution in [0.4, 0.5) is 10.2 Å². The Morgan fingerprint density at radius 1 is 1.23 bits per heavy atom. The number of aromatic nitrogens is 2. The Kier molecular flexibility index (Phi) is 5.06. The zero-order valence-corrected chi connectivity index (χ0v) is 17.3. The fourth-order valence-electron chi connectivity index (χ4n) is 5.02. The van der Waals surface area contributed by atoms with E-state index < -0.39 is 0 Å². The van der Waals surface area contributed by atoms with E-state index in [4.69, 9.17) is 5.26 Å². The summed E-state index contributed by atoms with van der Waals surface area (Å²) in [5.74, 6) is 0.719. The smallest absolute Gasteiger partial charge is 0.223 e. The number of hydrogen-bond donors (Lipinski definition) is 1. The number of nitriles is 1. The minimum atomic E-state index is -0.327. The lowest BCUT2D eigenvalue weighted by Gasteiger charge is -2.42. The van der Waals surface area contributed by atoms with E-state index in [1.807, 2.05) is 11.0 Å². The average Bonchev–Trinajstić information content (AvgIpc) is 3.53. The molecule has 3 aliphatic rings. The summed E-state index contributed by atoms with van der Waals surface area (Å²) < 4.78 is 13.5. The van der Waals surface area contributed by atoms with Crippen LogP contribution in [0.2, 0.25) is 0 Å². The lowest BCUT2D eigenvalue weighted by atomic mass is 10.1. The maximum atomic E-state index is 13.5. The lowest BCUT2D eigenvalue weighted by Crippen LogP contribution is -2.56. The van der Waals surface area contributed by atoms with Crippen LogP contribution in [0.25, 0.3) is 0 Å². The van der Waals surface area contributed by atoms with Crippen LogP contribution in [-0.2, 0) is 10.3 Å². The Balaban J connectivity index is 1.16. The van der Waals surface area contributed by atoms with Crippen LogP contribution in [0.1, 0.15) is 43.2 Å².